The lowest BCUT2D eigenvalue weighted by molar-refractivity contribution is 0.819. The molecule has 0 N–H and O–H groups in total. The lowest BCUT2D eigenvalue weighted by atomic mass is 10.0. The molecular weight excluding hydrogens is 244 g/mol. The highest BCUT2D eigenvalue weighted by molar-refractivity contribution is 5.72. The first-order chi connectivity index (χ1) is 9.74. The van der Waals surface area contributed by atoms with E-state index in [9.17, 15) is 0 Å². The van der Waals surface area contributed by atoms with Crippen LogP contribution < -0.4 is 0 Å². The van der Waals surface area contributed by atoms with Gasteiger partial charge < -0.3 is 0 Å². The summed E-state index contributed by atoms with van der Waals surface area (Å²) in [5.74, 6) is 0. The van der Waals surface area contributed by atoms with E-state index in [1.165, 1.54) is 40.2 Å². The summed E-state index contributed by atoms with van der Waals surface area (Å²) in [5.41, 5.74) is 9.01. The van der Waals surface area contributed by atoms with Crippen molar-refractivity contribution < 1.29 is 0 Å². The molecule has 3 aromatic rings. The minimum absolute atomic E-state index is 1.07. The Kier molecular flexibility index (Phi) is 2.46. The maximum Gasteiger partial charge on any atom is 0.137 e. The smallest absolute Gasteiger partial charge is 0.137 e. The van der Waals surface area contributed by atoms with Gasteiger partial charge in [0.15, 0.2) is 0 Å². The number of imidazole rings is 1. The Hall–Kier alpha value is -2.09. The molecule has 0 spiro atoms. The number of pyridine rings is 1. The van der Waals surface area contributed by atoms with Crippen LogP contribution in [0.5, 0.6) is 0 Å². The van der Waals surface area contributed by atoms with Crippen LogP contribution in [-0.2, 0) is 12.8 Å². The zero-order valence-corrected chi connectivity index (χ0v) is 12.0. The molecule has 0 bridgehead atoms. The van der Waals surface area contributed by atoms with Crippen molar-refractivity contribution in [1.29, 1.82) is 0 Å². The van der Waals surface area contributed by atoms with Gasteiger partial charge in [0.1, 0.15) is 5.65 Å². The van der Waals surface area contributed by atoms with Crippen molar-refractivity contribution in [2.45, 2.75) is 33.1 Å². The topological polar surface area (TPSA) is 17.3 Å². The fourth-order valence-electron chi connectivity index (χ4n) is 3.44. The molecule has 1 aliphatic rings. The van der Waals surface area contributed by atoms with Crippen LogP contribution in [-0.4, -0.2) is 9.38 Å². The largest absolute Gasteiger partial charge is 0.297 e. The first-order valence-electron chi connectivity index (χ1n) is 7.31. The molecule has 100 valence electrons. The number of nitrogens with zero attached hydrogens (tertiary/aromatic N) is 2. The summed E-state index contributed by atoms with van der Waals surface area (Å²) in [4.78, 5) is 4.90. The van der Waals surface area contributed by atoms with Gasteiger partial charge in [0.25, 0.3) is 0 Å². The molecule has 2 nitrogen and oxygen atoms in total. The molecule has 2 heteroatoms. The number of hydrogen-bond acceptors (Lipinski definition) is 1. The van der Waals surface area contributed by atoms with Crippen LogP contribution in [0.1, 0.15) is 28.9 Å². The normalized spacial score (nSPS) is 13.9. The van der Waals surface area contributed by atoms with E-state index in [2.05, 4.69) is 54.6 Å². The third-order valence-corrected chi connectivity index (χ3v) is 4.25. The molecule has 0 aliphatic heterocycles. The average Bonchev–Trinajstić information content (AvgIpc) is 2.68. The van der Waals surface area contributed by atoms with Gasteiger partial charge in [-0.1, -0.05) is 24.3 Å². The molecule has 2 aromatic heterocycles. The predicted octanol–water partition coefficient (Wildman–Crippen LogP) is 4.11. The Morgan fingerprint density at radius 1 is 1.05 bits per heavy atom. The summed E-state index contributed by atoms with van der Waals surface area (Å²) < 4.78 is 2.33. The van der Waals surface area contributed by atoms with Crippen LogP contribution in [0.15, 0.2) is 36.4 Å². The summed E-state index contributed by atoms with van der Waals surface area (Å²) in [6, 6.07) is 13.2. The molecule has 0 atom stereocenters. The Labute approximate surface area is 119 Å². The van der Waals surface area contributed by atoms with Crippen molar-refractivity contribution in [1.82, 2.24) is 9.38 Å². The van der Waals surface area contributed by atoms with Crippen molar-refractivity contribution in [2.24, 2.45) is 0 Å². The highest BCUT2D eigenvalue weighted by Gasteiger charge is 2.20. The van der Waals surface area contributed by atoms with Crippen LogP contribution in [0.25, 0.3) is 16.9 Å². The second kappa shape index (κ2) is 4.20. The molecule has 0 fully saturated rings. The van der Waals surface area contributed by atoms with Crippen LogP contribution in [0, 0.1) is 13.8 Å². The first-order valence-corrected chi connectivity index (χ1v) is 7.31. The number of hydrogen-bond donors (Lipinski definition) is 0. The maximum atomic E-state index is 4.90. The van der Waals surface area contributed by atoms with Gasteiger partial charge in [-0.25, -0.2) is 4.98 Å². The Bertz CT molecular complexity index is 812. The van der Waals surface area contributed by atoms with Crippen molar-refractivity contribution in [3.05, 3.63) is 58.9 Å². The van der Waals surface area contributed by atoms with E-state index in [1.807, 2.05) is 0 Å². The zero-order chi connectivity index (χ0) is 13.7. The third kappa shape index (κ3) is 1.61. The molecule has 0 saturated heterocycles. The van der Waals surface area contributed by atoms with E-state index in [0.717, 1.165) is 18.5 Å². The molecule has 0 unspecified atom stereocenters. The lowest BCUT2D eigenvalue weighted by Crippen LogP contribution is -1.96. The van der Waals surface area contributed by atoms with Gasteiger partial charge in [0.2, 0.25) is 0 Å². The van der Waals surface area contributed by atoms with Crippen LogP contribution >= 0.6 is 0 Å². The van der Waals surface area contributed by atoms with Crippen molar-refractivity contribution in [2.75, 3.05) is 0 Å². The molecule has 2 heterocycles. The quantitative estimate of drug-likeness (QED) is 0.596. The fraction of sp³-hybridized carbons (Fsp3) is 0.278. The van der Waals surface area contributed by atoms with Gasteiger partial charge in [0.05, 0.1) is 11.4 Å². The number of rotatable bonds is 0. The average molecular weight is 262 g/mol. The molecule has 1 aliphatic carbocycles. The van der Waals surface area contributed by atoms with Gasteiger partial charge in [0, 0.05) is 11.3 Å². The van der Waals surface area contributed by atoms with E-state index in [0.29, 0.717) is 0 Å². The fourth-order valence-corrected chi connectivity index (χ4v) is 3.44. The summed E-state index contributed by atoms with van der Waals surface area (Å²) in [6.07, 6.45) is 3.41. The lowest BCUT2D eigenvalue weighted by Gasteiger charge is -2.10. The standard InChI is InChI=1S/C18H18N2/c1-12-10-13(2)20-17(11-12)19-16-9-5-7-14-6-3-4-8-15(14)18(16)20/h3-4,6,8,10-11H,5,7,9H2,1-2H3. The van der Waals surface area contributed by atoms with Crippen LogP contribution in [0.2, 0.25) is 0 Å². The van der Waals surface area contributed by atoms with Crippen LogP contribution in [0.3, 0.4) is 0 Å². The van der Waals surface area contributed by atoms with Crippen molar-refractivity contribution in [3.8, 4) is 11.3 Å². The summed E-state index contributed by atoms with van der Waals surface area (Å²) in [7, 11) is 0. The van der Waals surface area contributed by atoms with Gasteiger partial charge in [-0.3, -0.25) is 4.40 Å². The Balaban J connectivity index is 2.14. The number of aromatic nitrogens is 2. The first kappa shape index (κ1) is 11.7. The minimum Gasteiger partial charge on any atom is -0.297 e. The molecule has 0 saturated carbocycles. The predicted molar refractivity (Wildman–Crippen MR) is 82.1 cm³/mol. The molecule has 1 aromatic carbocycles. The van der Waals surface area contributed by atoms with E-state index in [4.69, 9.17) is 4.98 Å². The second-order valence-electron chi connectivity index (χ2n) is 5.79. The number of benzene rings is 1. The van der Waals surface area contributed by atoms with E-state index in [1.54, 1.807) is 0 Å². The monoisotopic (exact) mass is 262 g/mol. The molecule has 20 heavy (non-hydrogen) atoms. The SMILES string of the molecule is Cc1cc(C)n2c3c(nc2c1)CCCc1ccccc1-3. The molecule has 4 rings (SSSR count). The molecule has 0 radical (unpaired) electrons. The summed E-state index contributed by atoms with van der Waals surface area (Å²) in [6.45, 7) is 4.32. The van der Waals surface area contributed by atoms with Gasteiger partial charge in [-0.15, -0.1) is 0 Å². The highest BCUT2D eigenvalue weighted by Crippen LogP contribution is 2.33. The summed E-state index contributed by atoms with van der Waals surface area (Å²) >= 11 is 0. The van der Waals surface area contributed by atoms with Crippen LogP contribution in [0.4, 0.5) is 0 Å². The van der Waals surface area contributed by atoms with Crippen molar-refractivity contribution in [3.63, 3.8) is 0 Å². The van der Waals surface area contributed by atoms with E-state index >= 15 is 0 Å². The Morgan fingerprint density at radius 3 is 2.80 bits per heavy atom. The van der Waals surface area contributed by atoms with Gasteiger partial charge in [-0.2, -0.15) is 0 Å². The molecule has 0 amide bonds. The van der Waals surface area contributed by atoms with Gasteiger partial charge >= 0.3 is 0 Å². The zero-order valence-electron chi connectivity index (χ0n) is 12.0. The highest BCUT2D eigenvalue weighted by atomic mass is 15.0. The Morgan fingerprint density at radius 2 is 1.90 bits per heavy atom. The van der Waals surface area contributed by atoms with E-state index in [-0.39, 0.29) is 0 Å². The molecular formula is C18H18N2. The minimum atomic E-state index is 1.07. The second-order valence-corrected chi connectivity index (χ2v) is 5.79. The summed E-state index contributed by atoms with van der Waals surface area (Å²) in [5, 5.41) is 0. The maximum absolute atomic E-state index is 4.90. The third-order valence-electron chi connectivity index (χ3n) is 4.25. The number of aryl methyl sites for hydroxylation is 4. The van der Waals surface area contributed by atoms with E-state index < -0.39 is 0 Å². The van der Waals surface area contributed by atoms with Crippen molar-refractivity contribution >= 4 is 5.65 Å². The number of fused-ring (bicyclic) bond motifs is 5. The van der Waals surface area contributed by atoms with Gasteiger partial charge in [-0.05, 0) is 56.4 Å².